The van der Waals surface area contributed by atoms with Crippen LogP contribution in [0, 0.1) is 6.92 Å². The summed E-state index contributed by atoms with van der Waals surface area (Å²) in [5.74, 6) is 0. The number of hydrogen-bond donors (Lipinski definition) is 0. The zero-order valence-electron chi connectivity index (χ0n) is 11.1. The molecule has 0 saturated heterocycles. The highest BCUT2D eigenvalue weighted by Gasteiger charge is 2.17. The highest BCUT2D eigenvalue weighted by molar-refractivity contribution is 6.83. The normalized spacial score (nSPS) is 12.2. The average Bonchev–Trinajstić information content (AvgIpc) is 2.31. The molecule has 0 heterocycles. The van der Waals surface area contributed by atoms with Gasteiger partial charge in [-0.05, 0) is 18.9 Å². The molecule has 1 heteroatoms. The molecule has 0 bridgehead atoms. The fraction of sp³-hybridized carbons (Fsp3) is 0.467. The van der Waals surface area contributed by atoms with Gasteiger partial charge in [-0.3, -0.25) is 0 Å². The van der Waals surface area contributed by atoms with E-state index in [0.717, 1.165) is 6.42 Å². The van der Waals surface area contributed by atoms with Crippen molar-refractivity contribution in [1.82, 2.24) is 0 Å². The molecule has 0 aliphatic rings. The molecule has 88 valence electrons. The van der Waals surface area contributed by atoms with E-state index in [1.165, 1.54) is 23.2 Å². The van der Waals surface area contributed by atoms with Gasteiger partial charge in [0.05, 0.1) is 8.07 Å². The summed E-state index contributed by atoms with van der Waals surface area (Å²) < 4.78 is 0. The van der Waals surface area contributed by atoms with Crippen molar-refractivity contribution in [1.29, 1.82) is 0 Å². The van der Waals surface area contributed by atoms with Crippen molar-refractivity contribution < 1.29 is 0 Å². The Hall–Kier alpha value is -0.823. The van der Waals surface area contributed by atoms with Gasteiger partial charge in [0.15, 0.2) is 0 Å². The van der Waals surface area contributed by atoms with Crippen LogP contribution in [0.4, 0.5) is 0 Å². The minimum absolute atomic E-state index is 1.04. The van der Waals surface area contributed by atoms with E-state index in [1.54, 1.807) is 0 Å². The number of benzene rings is 1. The van der Waals surface area contributed by atoms with Gasteiger partial charge in [-0.2, -0.15) is 0 Å². The Balaban J connectivity index is 2.57. The first kappa shape index (κ1) is 13.2. The average molecular weight is 232 g/mol. The molecule has 0 aliphatic carbocycles. The molecular weight excluding hydrogens is 208 g/mol. The molecule has 0 aromatic heterocycles. The van der Waals surface area contributed by atoms with Crippen molar-refractivity contribution in [3.63, 3.8) is 0 Å². The third-order valence-corrected chi connectivity index (χ3v) is 7.88. The first-order chi connectivity index (χ1) is 7.59. The van der Waals surface area contributed by atoms with Gasteiger partial charge in [0.25, 0.3) is 0 Å². The van der Waals surface area contributed by atoms with Crippen LogP contribution in [0.5, 0.6) is 0 Å². The molecule has 0 unspecified atom stereocenters. The van der Waals surface area contributed by atoms with Crippen LogP contribution in [0.25, 0.3) is 0 Å². The Morgan fingerprint density at radius 3 is 2.12 bits per heavy atom. The third kappa shape index (κ3) is 3.97. The van der Waals surface area contributed by atoms with E-state index in [4.69, 9.17) is 0 Å². The van der Waals surface area contributed by atoms with Crippen LogP contribution in [-0.4, -0.2) is 8.07 Å². The van der Waals surface area contributed by atoms with E-state index >= 15 is 0 Å². The van der Waals surface area contributed by atoms with Crippen LogP contribution in [0.2, 0.25) is 18.6 Å². The molecular formula is C15H24Si. The standard InChI is InChI=1S/C15H24Si/c1-5-16(4,6-2)13-7-8-15-11-9-14(3)10-12-15/h7,9-13H,5-6,8H2,1-4H3. The van der Waals surface area contributed by atoms with E-state index in [0.29, 0.717) is 0 Å². The molecule has 1 aromatic carbocycles. The van der Waals surface area contributed by atoms with Crippen molar-refractivity contribution >= 4 is 8.07 Å². The van der Waals surface area contributed by atoms with Crippen molar-refractivity contribution in [2.24, 2.45) is 0 Å². The predicted molar refractivity (Wildman–Crippen MR) is 76.6 cm³/mol. The summed E-state index contributed by atoms with van der Waals surface area (Å²) in [5.41, 5.74) is 5.28. The predicted octanol–water partition coefficient (Wildman–Crippen LogP) is 4.75. The molecule has 0 nitrogen and oxygen atoms in total. The lowest BCUT2D eigenvalue weighted by Crippen LogP contribution is -2.24. The van der Waals surface area contributed by atoms with E-state index < -0.39 is 8.07 Å². The third-order valence-electron chi connectivity index (χ3n) is 3.61. The first-order valence-corrected chi connectivity index (χ1v) is 9.32. The Bertz CT molecular complexity index is 331. The van der Waals surface area contributed by atoms with Crippen LogP contribution in [-0.2, 0) is 6.42 Å². The lowest BCUT2D eigenvalue weighted by molar-refractivity contribution is 1.24. The fourth-order valence-electron chi connectivity index (χ4n) is 1.69. The zero-order chi connectivity index (χ0) is 12.0. The Labute approximate surface area is 101 Å². The van der Waals surface area contributed by atoms with E-state index in [9.17, 15) is 0 Å². The molecule has 0 radical (unpaired) electrons. The summed E-state index contributed by atoms with van der Waals surface area (Å²) in [6.45, 7) is 9.26. The maximum Gasteiger partial charge on any atom is 0.0738 e. The van der Waals surface area contributed by atoms with Crippen LogP contribution in [0.3, 0.4) is 0 Å². The lowest BCUT2D eigenvalue weighted by Gasteiger charge is -2.18. The number of aryl methyl sites for hydroxylation is 1. The summed E-state index contributed by atoms with van der Waals surface area (Å²) in [6.07, 6.45) is 3.47. The van der Waals surface area contributed by atoms with Crippen LogP contribution < -0.4 is 0 Å². The number of rotatable bonds is 5. The van der Waals surface area contributed by atoms with Gasteiger partial charge >= 0.3 is 0 Å². The number of allylic oxidation sites excluding steroid dienone is 1. The SMILES string of the molecule is CC[Si](C)(C=CCc1ccc(C)cc1)CC. The summed E-state index contributed by atoms with van der Waals surface area (Å²) in [5, 5.41) is 0. The van der Waals surface area contributed by atoms with Gasteiger partial charge in [0, 0.05) is 0 Å². The fourth-order valence-corrected chi connectivity index (χ4v) is 3.35. The quantitative estimate of drug-likeness (QED) is 0.643. The van der Waals surface area contributed by atoms with Gasteiger partial charge in [0.1, 0.15) is 0 Å². The van der Waals surface area contributed by atoms with Gasteiger partial charge < -0.3 is 0 Å². The summed E-state index contributed by atoms with van der Waals surface area (Å²) in [6, 6.07) is 11.6. The second-order valence-corrected chi connectivity index (χ2v) is 10.0. The van der Waals surface area contributed by atoms with E-state index in [1.807, 2.05) is 0 Å². The maximum atomic E-state index is 2.52. The highest BCUT2D eigenvalue weighted by atomic mass is 28.3. The molecule has 0 saturated carbocycles. The highest BCUT2D eigenvalue weighted by Crippen LogP contribution is 2.16. The van der Waals surface area contributed by atoms with Crippen LogP contribution in [0.1, 0.15) is 25.0 Å². The molecule has 1 aromatic rings. The molecule has 0 N–H and O–H groups in total. The minimum Gasteiger partial charge on any atom is -0.0981 e. The summed E-state index contributed by atoms with van der Waals surface area (Å²) >= 11 is 0. The van der Waals surface area contributed by atoms with Crippen molar-refractivity contribution in [2.75, 3.05) is 0 Å². The van der Waals surface area contributed by atoms with Crippen LogP contribution in [0.15, 0.2) is 36.0 Å². The van der Waals surface area contributed by atoms with Gasteiger partial charge in [0.2, 0.25) is 0 Å². The number of hydrogen-bond acceptors (Lipinski definition) is 0. The van der Waals surface area contributed by atoms with Crippen molar-refractivity contribution in [3.8, 4) is 0 Å². The van der Waals surface area contributed by atoms with E-state index in [2.05, 4.69) is 63.4 Å². The Morgan fingerprint density at radius 1 is 1.06 bits per heavy atom. The van der Waals surface area contributed by atoms with Crippen molar-refractivity contribution in [3.05, 3.63) is 47.2 Å². The summed E-state index contributed by atoms with van der Waals surface area (Å²) in [7, 11) is -1.04. The lowest BCUT2D eigenvalue weighted by atomic mass is 10.1. The van der Waals surface area contributed by atoms with E-state index in [-0.39, 0.29) is 0 Å². The molecule has 0 atom stereocenters. The molecule has 0 spiro atoms. The smallest absolute Gasteiger partial charge is 0.0738 e. The molecule has 16 heavy (non-hydrogen) atoms. The van der Waals surface area contributed by atoms with Gasteiger partial charge in [-0.1, -0.05) is 74.1 Å². The maximum absolute atomic E-state index is 2.52. The van der Waals surface area contributed by atoms with Crippen molar-refractivity contribution in [2.45, 2.75) is 45.8 Å². The Kier molecular flexibility index (Phi) is 5.00. The Morgan fingerprint density at radius 2 is 1.62 bits per heavy atom. The molecule has 1 rings (SSSR count). The second-order valence-electron chi connectivity index (χ2n) is 4.95. The minimum atomic E-state index is -1.04. The largest absolute Gasteiger partial charge is 0.0981 e. The summed E-state index contributed by atoms with van der Waals surface area (Å²) in [4.78, 5) is 0. The monoisotopic (exact) mass is 232 g/mol. The second kappa shape index (κ2) is 6.05. The van der Waals surface area contributed by atoms with Crippen LogP contribution >= 0.6 is 0 Å². The molecule has 0 amide bonds. The molecule has 0 aliphatic heterocycles. The first-order valence-electron chi connectivity index (χ1n) is 6.33. The van der Waals surface area contributed by atoms with Gasteiger partial charge in [-0.15, -0.1) is 0 Å². The molecule has 0 fully saturated rings. The topological polar surface area (TPSA) is 0 Å². The zero-order valence-corrected chi connectivity index (χ0v) is 12.1. The van der Waals surface area contributed by atoms with Gasteiger partial charge in [-0.25, -0.2) is 0 Å².